The van der Waals surface area contributed by atoms with Gasteiger partial charge in [-0.3, -0.25) is 4.79 Å². The van der Waals surface area contributed by atoms with Gasteiger partial charge in [-0.2, -0.15) is 5.10 Å². The third-order valence-corrected chi connectivity index (χ3v) is 4.53. The minimum Gasteiger partial charge on any atom is -0.460 e. The number of nitrogens with zero attached hydrogens (tertiary/aromatic N) is 2. The molecule has 5 heteroatoms. The third-order valence-electron chi connectivity index (χ3n) is 4.28. The van der Waals surface area contributed by atoms with Gasteiger partial charge >= 0.3 is 0 Å². The Balaban J connectivity index is 1.71. The lowest BCUT2D eigenvalue weighted by Crippen LogP contribution is -1.93. The van der Waals surface area contributed by atoms with E-state index in [9.17, 15) is 4.79 Å². The molecular weight excluding hydrogens is 372 g/mol. The second-order valence-corrected chi connectivity index (χ2v) is 6.76. The Bertz CT molecular complexity index is 1140. The summed E-state index contributed by atoms with van der Waals surface area (Å²) in [5, 5.41) is 5.27. The molecule has 0 radical (unpaired) electrons. The van der Waals surface area contributed by atoms with Crippen molar-refractivity contribution in [1.29, 1.82) is 0 Å². The van der Waals surface area contributed by atoms with Crippen molar-refractivity contribution in [2.75, 3.05) is 0 Å². The van der Waals surface area contributed by atoms with Crippen LogP contribution in [0, 0.1) is 6.92 Å². The summed E-state index contributed by atoms with van der Waals surface area (Å²) in [6.45, 7) is 1.89. The highest BCUT2D eigenvalue weighted by atomic mass is 35.5. The van der Waals surface area contributed by atoms with Gasteiger partial charge in [0.15, 0.2) is 11.5 Å². The van der Waals surface area contributed by atoms with Crippen molar-refractivity contribution in [3.05, 3.63) is 101 Å². The molecule has 0 N–H and O–H groups in total. The van der Waals surface area contributed by atoms with Crippen LogP contribution in [0.2, 0.25) is 5.02 Å². The SMILES string of the molecule is Cc1ccc(-c2nn(-c3ccccc3)cc2/C=C/C(=O)c2ccc(Cl)cc2)o1. The quantitative estimate of drug-likeness (QED) is 0.311. The zero-order valence-electron chi connectivity index (χ0n) is 15.2. The Morgan fingerprint density at radius 1 is 1.04 bits per heavy atom. The number of aryl methyl sites for hydroxylation is 1. The first kappa shape index (κ1) is 18.0. The topological polar surface area (TPSA) is 48.0 Å². The van der Waals surface area contributed by atoms with Gasteiger partial charge in [0.2, 0.25) is 0 Å². The van der Waals surface area contributed by atoms with Gasteiger partial charge in [-0.15, -0.1) is 0 Å². The molecule has 0 aliphatic rings. The summed E-state index contributed by atoms with van der Waals surface area (Å²) >= 11 is 5.89. The van der Waals surface area contributed by atoms with E-state index in [2.05, 4.69) is 5.10 Å². The van der Waals surface area contributed by atoms with E-state index in [1.807, 2.05) is 55.6 Å². The van der Waals surface area contributed by atoms with Crippen LogP contribution in [0.15, 0.2) is 83.4 Å². The largest absolute Gasteiger partial charge is 0.460 e. The van der Waals surface area contributed by atoms with Crippen LogP contribution in [0.5, 0.6) is 0 Å². The van der Waals surface area contributed by atoms with Crippen molar-refractivity contribution in [3.63, 3.8) is 0 Å². The van der Waals surface area contributed by atoms with Gasteiger partial charge in [0.25, 0.3) is 0 Å². The summed E-state index contributed by atoms with van der Waals surface area (Å²) in [5.41, 5.74) is 2.97. The summed E-state index contributed by atoms with van der Waals surface area (Å²) in [4.78, 5) is 12.5. The Hall–Kier alpha value is -3.37. The van der Waals surface area contributed by atoms with Crippen molar-refractivity contribution < 1.29 is 9.21 Å². The highest BCUT2D eigenvalue weighted by Crippen LogP contribution is 2.26. The minimum atomic E-state index is -0.106. The molecule has 28 heavy (non-hydrogen) atoms. The molecule has 0 unspecified atom stereocenters. The van der Waals surface area contributed by atoms with E-state index in [0.29, 0.717) is 22.0 Å². The first-order valence-corrected chi connectivity index (χ1v) is 9.18. The van der Waals surface area contributed by atoms with Crippen LogP contribution in [0.3, 0.4) is 0 Å². The number of benzene rings is 2. The van der Waals surface area contributed by atoms with Crippen LogP contribution < -0.4 is 0 Å². The Morgan fingerprint density at radius 2 is 1.79 bits per heavy atom. The van der Waals surface area contributed by atoms with E-state index in [0.717, 1.165) is 17.0 Å². The predicted octanol–water partition coefficient (Wildman–Crippen LogP) is 5.99. The molecule has 2 aromatic carbocycles. The molecule has 0 saturated heterocycles. The lowest BCUT2D eigenvalue weighted by Gasteiger charge is -1.98. The van der Waals surface area contributed by atoms with Crippen LogP contribution in [-0.4, -0.2) is 15.6 Å². The molecule has 4 nitrogen and oxygen atoms in total. The molecule has 0 atom stereocenters. The Morgan fingerprint density at radius 3 is 2.46 bits per heavy atom. The molecule has 0 saturated carbocycles. The number of halogens is 1. The smallest absolute Gasteiger partial charge is 0.185 e. The Labute approximate surface area is 167 Å². The zero-order chi connectivity index (χ0) is 19.5. The molecule has 2 heterocycles. The predicted molar refractivity (Wildman–Crippen MR) is 111 cm³/mol. The number of ketones is 1. The molecule has 138 valence electrons. The standard InChI is InChI=1S/C23H17ClN2O2/c1-16-7-14-22(28-16)23-18(15-26(25-23)20-5-3-2-4-6-20)10-13-21(27)17-8-11-19(24)12-9-17/h2-15H,1H3/b13-10+. The van der Waals surface area contributed by atoms with E-state index < -0.39 is 0 Å². The van der Waals surface area contributed by atoms with E-state index in [1.54, 1.807) is 35.0 Å². The molecule has 4 aromatic rings. The van der Waals surface area contributed by atoms with Crippen molar-refractivity contribution in [3.8, 4) is 17.1 Å². The van der Waals surface area contributed by atoms with E-state index in [4.69, 9.17) is 16.0 Å². The normalized spacial score (nSPS) is 11.2. The van der Waals surface area contributed by atoms with Gasteiger partial charge in [0.1, 0.15) is 11.5 Å². The molecule has 0 amide bonds. The van der Waals surface area contributed by atoms with Crippen LogP contribution >= 0.6 is 11.6 Å². The number of para-hydroxylation sites is 1. The number of allylic oxidation sites excluding steroid dienone is 1. The second kappa shape index (κ2) is 7.71. The molecule has 2 aromatic heterocycles. The zero-order valence-corrected chi connectivity index (χ0v) is 15.9. The van der Waals surface area contributed by atoms with Gasteiger partial charge in [0, 0.05) is 22.3 Å². The number of furan rings is 1. The lowest BCUT2D eigenvalue weighted by atomic mass is 10.1. The number of hydrogen-bond donors (Lipinski definition) is 0. The van der Waals surface area contributed by atoms with Crippen molar-refractivity contribution in [2.24, 2.45) is 0 Å². The van der Waals surface area contributed by atoms with Gasteiger partial charge in [-0.05, 0) is 67.6 Å². The van der Waals surface area contributed by atoms with E-state index in [1.165, 1.54) is 6.08 Å². The van der Waals surface area contributed by atoms with Crippen LogP contribution in [0.1, 0.15) is 21.7 Å². The fourth-order valence-corrected chi connectivity index (χ4v) is 2.98. The van der Waals surface area contributed by atoms with Gasteiger partial charge in [-0.1, -0.05) is 29.8 Å². The van der Waals surface area contributed by atoms with Gasteiger partial charge < -0.3 is 4.42 Å². The van der Waals surface area contributed by atoms with E-state index >= 15 is 0 Å². The number of carbonyl (C=O) groups excluding carboxylic acids is 1. The highest BCUT2D eigenvalue weighted by Gasteiger charge is 2.14. The van der Waals surface area contributed by atoms with Gasteiger partial charge in [0.05, 0.1) is 5.69 Å². The number of carbonyl (C=O) groups is 1. The van der Waals surface area contributed by atoms with E-state index in [-0.39, 0.29) is 5.78 Å². The maximum atomic E-state index is 12.5. The first-order valence-electron chi connectivity index (χ1n) is 8.80. The fraction of sp³-hybridized carbons (Fsp3) is 0.0435. The summed E-state index contributed by atoms with van der Waals surface area (Å²) in [6, 6.07) is 20.4. The average Bonchev–Trinajstić information content (AvgIpc) is 3.33. The van der Waals surface area contributed by atoms with Crippen molar-refractivity contribution in [2.45, 2.75) is 6.92 Å². The summed E-state index contributed by atoms with van der Waals surface area (Å²) in [6.07, 6.45) is 5.18. The highest BCUT2D eigenvalue weighted by molar-refractivity contribution is 6.30. The fourth-order valence-electron chi connectivity index (χ4n) is 2.85. The summed E-state index contributed by atoms with van der Waals surface area (Å²) in [7, 11) is 0. The molecule has 0 aliphatic heterocycles. The summed E-state index contributed by atoms with van der Waals surface area (Å²) < 4.78 is 7.53. The molecule has 0 aliphatic carbocycles. The minimum absolute atomic E-state index is 0.106. The molecule has 0 bridgehead atoms. The molecular formula is C23H17ClN2O2. The van der Waals surface area contributed by atoms with Crippen molar-refractivity contribution >= 4 is 23.5 Å². The summed E-state index contributed by atoms with van der Waals surface area (Å²) in [5.74, 6) is 1.35. The van der Waals surface area contributed by atoms with Crippen LogP contribution in [-0.2, 0) is 0 Å². The monoisotopic (exact) mass is 388 g/mol. The second-order valence-electron chi connectivity index (χ2n) is 6.33. The van der Waals surface area contributed by atoms with Gasteiger partial charge in [-0.25, -0.2) is 4.68 Å². The number of rotatable bonds is 5. The lowest BCUT2D eigenvalue weighted by molar-refractivity contribution is 0.104. The van der Waals surface area contributed by atoms with Crippen LogP contribution in [0.25, 0.3) is 23.2 Å². The first-order chi connectivity index (χ1) is 13.6. The van der Waals surface area contributed by atoms with Crippen LogP contribution in [0.4, 0.5) is 0 Å². The maximum Gasteiger partial charge on any atom is 0.185 e. The molecule has 4 rings (SSSR count). The van der Waals surface area contributed by atoms with Crippen molar-refractivity contribution in [1.82, 2.24) is 9.78 Å². The Kier molecular flexibility index (Phi) is 4.96. The maximum absolute atomic E-state index is 12.5. The third kappa shape index (κ3) is 3.82. The number of aromatic nitrogens is 2. The molecule has 0 spiro atoms. The number of hydrogen-bond acceptors (Lipinski definition) is 3. The molecule has 0 fully saturated rings. The average molecular weight is 389 g/mol.